The Morgan fingerprint density at radius 1 is 1.10 bits per heavy atom. The number of nitrogens with one attached hydrogen (secondary N) is 2. The van der Waals surface area contributed by atoms with Gasteiger partial charge in [0, 0.05) is 24.5 Å². The van der Waals surface area contributed by atoms with Gasteiger partial charge in [0.1, 0.15) is 12.3 Å². The number of benzene rings is 1. The highest BCUT2D eigenvalue weighted by Crippen LogP contribution is 2.19. The van der Waals surface area contributed by atoms with Crippen LogP contribution >= 0.6 is 0 Å². The standard InChI is InChI=1S/C22H23N3O4/c1-14-19(22(27)28-3)15(2)25-20(14)21(26)24-12-17-9-10-23-18(11-17)29-13-16-7-5-4-6-8-16/h4-11,25H,12-13H2,1-3H3,(H,24,26). The van der Waals surface area contributed by atoms with E-state index in [-0.39, 0.29) is 5.91 Å². The molecule has 3 rings (SSSR count). The highest BCUT2D eigenvalue weighted by molar-refractivity contribution is 6.00. The van der Waals surface area contributed by atoms with Gasteiger partial charge in [-0.05, 0) is 36.6 Å². The minimum Gasteiger partial charge on any atom is -0.473 e. The maximum atomic E-state index is 12.6. The van der Waals surface area contributed by atoms with Crippen molar-refractivity contribution in [1.82, 2.24) is 15.3 Å². The van der Waals surface area contributed by atoms with Crippen molar-refractivity contribution >= 4 is 11.9 Å². The van der Waals surface area contributed by atoms with Crippen LogP contribution in [-0.2, 0) is 17.9 Å². The summed E-state index contributed by atoms with van der Waals surface area (Å²) in [5.74, 6) is -0.283. The van der Waals surface area contributed by atoms with Crippen LogP contribution in [0.5, 0.6) is 5.88 Å². The van der Waals surface area contributed by atoms with Crippen LogP contribution in [0.2, 0.25) is 0 Å². The van der Waals surface area contributed by atoms with E-state index in [1.807, 2.05) is 36.4 Å². The van der Waals surface area contributed by atoms with Crippen LogP contribution in [-0.4, -0.2) is 29.0 Å². The first-order chi connectivity index (χ1) is 14.0. The van der Waals surface area contributed by atoms with Gasteiger partial charge >= 0.3 is 5.97 Å². The second kappa shape index (κ2) is 9.05. The zero-order valence-corrected chi connectivity index (χ0v) is 16.6. The first kappa shape index (κ1) is 20.1. The van der Waals surface area contributed by atoms with Crippen molar-refractivity contribution < 1.29 is 19.1 Å². The lowest BCUT2D eigenvalue weighted by Gasteiger charge is -2.08. The molecule has 0 aliphatic heterocycles. The summed E-state index contributed by atoms with van der Waals surface area (Å²) >= 11 is 0. The number of carbonyl (C=O) groups excluding carboxylic acids is 2. The Bertz CT molecular complexity index is 1010. The van der Waals surface area contributed by atoms with E-state index < -0.39 is 5.97 Å². The van der Waals surface area contributed by atoms with Crippen LogP contribution in [0.25, 0.3) is 0 Å². The van der Waals surface area contributed by atoms with Gasteiger partial charge in [-0.2, -0.15) is 0 Å². The van der Waals surface area contributed by atoms with Crippen molar-refractivity contribution in [3.8, 4) is 5.88 Å². The van der Waals surface area contributed by atoms with Gasteiger partial charge in [0.2, 0.25) is 5.88 Å². The second-order valence-corrected chi connectivity index (χ2v) is 6.58. The topological polar surface area (TPSA) is 93.3 Å². The molecule has 0 unspecified atom stereocenters. The molecule has 0 aliphatic carbocycles. The largest absolute Gasteiger partial charge is 0.473 e. The van der Waals surface area contributed by atoms with Crippen LogP contribution in [0.15, 0.2) is 48.7 Å². The number of pyridine rings is 1. The Kier molecular flexibility index (Phi) is 6.29. The predicted molar refractivity (Wildman–Crippen MR) is 108 cm³/mol. The third-order valence-electron chi connectivity index (χ3n) is 4.54. The summed E-state index contributed by atoms with van der Waals surface area (Å²) in [6.07, 6.45) is 1.64. The van der Waals surface area contributed by atoms with Gasteiger partial charge in [-0.3, -0.25) is 4.79 Å². The van der Waals surface area contributed by atoms with E-state index in [1.54, 1.807) is 26.1 Å². The number of carbonyl (C=O) groups is 2. The molecule has 2 heterocycles. The maximum absolute atomic E-state index is 12.6. The maximum Gasteiger partial charge on any atom is 0.339 e. The summed E-state index contributed by atoms with van der Waals surface area (Å²) in [7, 11) is 1.31. The monoisotopic (exact) mass is 393 g/mol. The second-order valence-electron chi connectivity index (χ2n) is 6.58. The number of esters is 1. The third kappa shape index (κ3) is 4.82. The van der Waals surface area contributed by atoms with Gasteiger partial charge in [0.05, 0.1) is 12.7 Å². The Labute approximate surface area is 169 Å². The average molecular weight is 393 g/mol. The highest BCUT2D eigenvalue weighted by Gasteiger charge is 2.22. The van der Waals surface area contributed by atoms with E-state index in [0.29, 0.717) is 41.5 Å². The number of H-pyrrole nitrogens is 1. The van der Waals surface area contributed by atoms with Crippen molar-refractivity contribution in [2.75, 3.05) is 7.11 Å². The number of hydrogen-bond donors (Lipinski definition) is 2. The Balaban J connectivity index is 1.63. The van der Waals surface area contributed by atoms with Crippen molar-refractivity contribution in [3.63, 3.8) is 0 Å². The molecule has 7 nitrogen and oxygen atoms in total. The minimum absolute atomic E-state index is 0.300. The molecule has 0 saturated heterocycles. The number of aromatic amines is 1. The van der Waals surface area contributed by atoms with E-state index in [1.165, 1.54) is 7.11 Å². The lowest BCUT2D eigenvalue weighted by Crippen LogP contribution is -2.24. The third-order valence-corrected chi connectivity index (χ3v) is 4.54. The highest BCUT2D eigenvalue weighted by atomic mass is 16.5. The summed E-state index contributed by atoms with van der Waals surface area (Å²) in [6.45, 7) is 4.16. The molecule has 0 radical (unpaired) electrons. The van der Waals surface area contributed by atoms with Gasteiger partial charge in [0.15, 0.2) is 0 Å². The molecule has 0 spiro atoms. The number of nitrogens with zero attached hydrogens (tertiary/aromatic N) is 1. The molecule has 0 saturated carbocycles. The van der Waals surface area contributed by atoms with Crippen molar-refractivity contribution in [2.45, 2.75) is 27.0 Å². The van der Waals surface area contributed by atoms with Crippen LogP contribution in [0.4, 0.5) is 0 Å². The van der Waals surface area contributed by atoms with Crippen molar-refractivity contribution in [1.29, 1.82) is 0 Å². The summed E-state index contributed by atoms with van der Waals surface area (Å²) in [5.41, 5.74) is 3.79. The summed E-state index contributed by atoms with van der Waals surface area (Å²) in [4.78, 5) is 31.6. The number of aryl methyl sites for hydroxylation is 1. The molecule has 0 bridgehead atoms. The molecule has 1 amide bonds. The molecule has 150 valence electrons. The summed E-state index contributed by atoms with van der Waals surface area (Å²) in [6, 6.07) is 13.4. The van der Waals surface area contributed by atoms with Crippen LogP contribution in [0, 0.1) is 13.8 Å². The van der Waals surface area contributed by atoms with Gasteiger partial charge in [-0.25, -0.2) is 9.78 Å². The summed E-state index contributed by atoms with van der Waals surface area (Å²) in [5, 5.41) is 2.85. The number of ether oxygens (including phenoxy) is 2. The average Bonchev–Trinajstić information content (AvgIpc) is 3.05. The van der Waals surface area contributed by atoms with Gasteiger partial charge < -0.3 is 19.8 Å². The van der Waals surface area contributed by atoms with E-state index in [2.05, 4.69) is 15.3 Å². The van der Waals surface area contributed by atoms with Crippen molar-refractivity contribution in [2.24, 2.45) is 0 Å². The lowest BCUT2D eigenvalue weighted by molar-refractivity contribution is 0.0599. The zero-order chi connectivity index (χ0) is 20.8. The van der Waals surface area contributed by atoms with E-state index in [0.717, 1.165) is 11.1 Å². The lowest BCUT2D eigenvalue weighted by atomic mass is 10.1. The van der Waals surface area contributed by atoms with E-state index in [9.17, 15) is 9.59 Å². The molecule has 0 atom stereocenters. The number of amides is 1. The van der Waals surface area contributed by atoms with Crippen LogP contribution < -0.4 is 10.1 Å². The zero-order valence-electron chi connectivity index (χ0n) is 16.6. The number of rotatable bonds is 7. The van der Waals surface area contributed by atoms with Gasteiger partial charge in [-0.15, -0.1) is 0 Å². The van der Waals surface area contributed by atoms with Crippen LogP contribution in [0.3, 0.4) is 0 Å². The molecule has 2 aromatic heterocycles. The molecule has 2 N–H and O–H groups in total. The normalized spacial score (nSPS) is 10.4. The molecule has 0 aliphatic rings. The Morgan fingerprint density at radius 2 is 1.86 bits per heavy atom. The van der Waals surface area contributed by atoms with E-state index >= 15 is 0 Å². The quantitative estimate of drug-likeness (QED) is 0.601. The molecule has 3 aromatic rings. The number of aromatic nitrogens is 2. The van der Waals surface area contributed by atoms with Gasteiger partial charge in [0.25, 0.3) is 5.91 Å². The first-order valence-corrected chi connectivity index (χ1v) is 9.17. The number of hydrogen-bond acceptors (Lipinski definition) is 5. The predicted octanol–water partition coefficient (Wildman–Crippen LogP) is 3.32. The molecule has 0 fully saturated rings. The SMILES string of the molecule is COC(=O)c1c(C)[nH]c(C(=O)NCc2ccnc(OCc3ccccc3)c2)c1C. The molecule has 7 heteroatoms. The smallest absolute Gasteiger partial charge is 0.339 e. The fourth-order valence-corrected chi connectivity index (χ4v) is 3.03. The molecule has 29 heavy (non-hydrogen) atoms. The fourth-order valence-electron chi connectivity index (χ4n) is 3.03. The van der Waals surface area contributed by atoms with E-state index in [4.69, 9.17) is 9.47 Å². The minimum atomic E-state index is -0.468. The molecular weight excluding hydrogens is 370 g/mol. The summed E-state index contributed by atoms with van der Waals surface area (Å²) < 4.78 is 10.5. The first-order valence-electron chi connectivity index (χ1n) is 9.17. The molecule has 1 aromatic carbocycles. The Hall–Kier alpha value is -3.61. The fraction of sp³-hybridized carbons (Fsp3) is 0.227. The number of methoxy groups -OCH3 is 1. The molecular formula is C22H23N3O4. The van der Waals surface area contributed by atoms with Gasteiger partial charge in [-0.1, -0.05) is 30.3 Å². The Morgan fingerprint density at radius 3 is 2.59 bits per heavy atom. The van der Waals surface area contributed by atoms with Crippen LogP contribution in [0.1, 0.15) is 43.2 Å². The van der Waals surface area contributed by atoms with Crippen molar-refractivity contribution in [3.05, 3.63) is 82.3 Å².